The maximum Gasteiger partial charge on any atom is 0.0153 e. The Morgan fingerprint density at radius 3 is 2.29 bits per heavy atom. The van der Waals surface area contributed by atoms with Crippen molar-refractivity contribution < 1.29 is 0 Å². The lowest BCUT2D eigenvalue weighted by Crippen LogP contribution is -2.49. The zero-order valence-corrected chi connectivity index (χ0v) is 10.0. The molecule has 0 bridgehead atoms. The fourth-order valence-electron chi connectivity index (χ4n) is 2.03. The fourth-order valence-corrected chi connectivity index (χ4v) is 2.03. The van der Waals surface area contributed by atoms with Crippen LogP contribution in [-0.2, 0) is 0 Å². The van der Waals surface area contributed by atoms with Gasteiger partial charge in [0.05, 0.1) is 0 Å². The molecule has 0 saturated heterocycles. The second kappa shape index (κ2) is 4.63. The molecular formula is C12H26N2. The minimum atomic E-state index is 0.237. The Morgan fingerprint density at radius 2 is 1.79 bits per heavy atom. The Kier molecular flexibility index (Phi) is 3.96. The molecule has 2 heteroatoms. The summed E-state index contributed by atoms with van der Waals surface area (Å²) in [6.45, 7) is 8.62. The molecule has 1 saturated carbocycles. The molecule has 0 heterocycles. The van der Waals surface area contributed by atoms with E-state index in [-0.39, 0.29) is 5.41 Å². The third-order valence-electron chi connectivity index (χ3n) is 3.50. The summed E-state index contributed by atoms with van der Waals surface area (Å²) in [4.78, 5) is 0. The molecule has 0 aromatic rings. The van der Waals surface area contributed by atoms with Gasteiger partial charge < -0.3 is 11.1 Å². The molecule has 84 valence electrons. The van der Waals surface area contributed by atoms with Crippen LogP contribution in [0.5, 0.6) is 0 Å². The molecule has 1 rings (SSSR count). The van der Waals surface area contributed by atoms with Gasteiger partial charge in [-0.25, -0.2) is 0 Å². The SMILES string of the molecule is CC(C)(CN)CNC1(C)CCCCC1. The van der Waals surface area contributed by atoms with Crippen molar-refractivity contribution in [1.82, 2.24) is 5.32 Å². The van der Waals surface area contributed by atoms with Crippen LogP contribution in [-0.4, -0.2) is 18.6 Å². The lowest BCUT2D eigenvalue weighted by Gasteiger charge is -2.37. The van der Waals surface area contributed by atoms with Crippen molar-refractivity contribution in [3.05, 3.63) is 0 Å². The van der Waals surface area contributed by atoms with E-state index in [9.17, 15) is 0 Å². The molecule has 0 amide bonds. The topological polar surface area (TPSA) is 38.0 Å². The van der Waals surface area contributed by atoms with E-state index < -0.39 is 0 Å². The van der Waals surface area contributed by atoms with Gasteiger partial charge in [0.15, 0.2) is 0 Å². The highest BCUT2D eigenvalue weighted by molar-refractivity contribution is 4.88. The Morgan fingerprint density at radius 1 is 1.21 bits per heavy atom. The van der Waals surface area contributed by atoms with Gasteiger partial charge in [-0.15, -0.1) is 0 Å². The Balaban J connectivity index is 2.35. The average molecular weight is 198 g/mol. The van der Waals surface area contributed by atoms with Crippen LogP contribution in [0.2, 0.25) is 0 Å². The molecule has 1 aliphatic rings. The first-order chi connectivity index (χ1) is 6.47. The van der Waals surface area contributed by atoms with E-state index in [0.717, 1.165) is 13.1 Å². The van der Waals surface area contributed by atoms with E-state index in [4.69, 9.17) is 5.73 Å². The Labute approximate surface area is 88.6 Å². The highest BCUT2D eigenvalue weighted by Gasteiger charge is 2.28. The van der Waals surface area contributed by atoms with Gasteiger partial charge in [-0.2, -0.15) is 0 Å². The maximum absolute atomic E-state index is 5.73. The smallest absolute Gasteiger partial charge is 0.0153 e. The molecule has 1 aliphatic carbocycles. The molecule has 3 N–H and O–H groups in total. The van der Waals surface area contributed by atoms with Crippen LogP contribution >= 0.6 is 0 Å². The number of hydrogen-bond donors (Lipinski definition) is 2. The molecule has 1 fully saturated rings. The predicted octanol–water partition coefficient (Wildman–Crippen LogP) is 2.28. The third-order valence-corrected chi connectivity index (χ3v) is 3.50. The van der Waals surface area contributed by atoms with Crippen LogP contribution in [0.3, 0.4) is 0 Å². The van der Waals surface area contributed by atoms with Gasteiger partial charge in [-0.3, -0.25) is 0 Å². The Bertz CT molecular complexity index is 169. The third kappa shape index (κ3) is 3.58. The standard InChI is InChI=1S/C12H26N2/c1-11(2,9-13)10-14-12(3)7-5-4-6-8-12/h14H,4-10,13H2,1-3H3. The molecule has 0 spiro atoms. The quantitative estimate of drug-likeness (QED) is 0.727. The monoisotopic (exact) mass is 198 g/mol. The van der Waals surface area contributed by atoms with Crippen molar-refractivity contribution in [2.75, 3.05) is 13.1 Å². The molecule has 2 nitrogen and oxygen atoms in total. The van der Waals surface area contributed by atoms with Gasteiger partial charge in [-0.05, 0) is 31.7 Å². The van der Waals surface area contributed by atoms with E-state index >= 15 is 0 Å². The van der Waals surface area contributed by atoms with Crippen molar-refractivity contribution in [2.24, 2.45) is 11.1 Å². The van der Waals surface area contributed by atoms with E-state index in [1.807, 2.05) is 0 Å². The van der Waals surface area contributed by atoms with E-state index in [2.05, 4.69) is 26.1 Å². The second-order valence-electron chi connectivity index (χ2n) is 5.84. The van der Waals surface area contributed by atoms with Gasteiger partial charge in [0, 0.05) is 12.1 Å². The van der Waals surface area contributed by atoms with E-state index in [0.29, 0.717) is 5.54 Å². The largest absolute Gasteiger partial charge is 0.330 e. The zero-order valence-electron chi connectivity index (χ0n) is 10.0. The summed E-state index contributed by atoms with van der Waals surface area (Å²) in [5, 5.41) is 3.71. The van der Waals surface area contributed by atoms with E-state index in [1.165, 1.54) is 32.1 Å². The molecular weight excluding hydrogens is 172 g/mol. The molecule has 0 atom stereocenters. The van der Waals surface area contributed by atoms with Crippen LogP contribution in [0.15, 0.2) is 0 Å². The predicted molar refractivity (Wildman–Crippen MR) is 62.3 cm³/mol. The highest BCUT2D eigenvalue weighted by Crippen LogP contribution is 2.28. The minimum absolute atomic E-state index is 0.237. The summed E-state index contributed by atoms with van der Waals surface area (Å²) in [7, 11) is 0. The number of nitrogens with one attached hydrogen (secondary N) is 1. The summed E-state index contributed by atoms with van der Waals surface area (Å²) >= 11 is 0. The van der Waals surface area contributed by atoms with Gasteiger partial charge in [0.2, 0.25) is 0 Å². The van der Waals surface area contributed by atoms with Crippen LogP contribution in [0.25, 0.3) is 0 Å². The second-order valence-corrected chi connectivity index (χ2v) is 5.84. The van der Waals surface area contributed by atoms with Crippen molar-refractivity contribution >= 4 is 0 Å². The zero-order chi connectivity index (χ0) is 10.7. The summed E-state index contributed by atoms with van der Waals surface area (Å²) < 4.78 is 0. The Hall–Kier alpha value is -0.0800. The summed E-state index contributed by atoms with van der Waals surface area (Å²) in [6.07, 6.45) is 6.83. The number of rotatable bonds is 4. The van der Waals surface area contributed by atoms with Gasteiger partial charge >= 0.3 is 0 Å². The number of nitrogens with two attached hydrogens (primary N) is 1. The lowest BCUT2D eigenvalue weighted by molar-refractivity contribution is 0.216. The molecule has 0 aromatic heterocycles. The van der Waals surface area contributed by atoms with Crippen molar-refractivity contribution in [3.8, 4) is 0 Å². The van der Waals surface area contributed by atoms with E-state index in [1.54, 1.807) is 0 Å². The first-order valence-corrected chi connectivity index (χ1v) is 5.93. The van der Waals surface area contributed by atoms with Crippen molar-refractivity contribution in [2.45, 2.75) is 58.4 Å². The summed E-state index contributed by atoms with van der Waals surface area (Å²) in [5.74, 6) is 0. The first-order valence-electron chi connectivity index (χ1n) is 5.93. The fraction of sp³-hybridized carbons (Fsp3) is 1.00. The average Bonchev–Trinajstić information content (AvgIpc) is 2.17. The maximum atomic E-state index is 5.73. The van der Waals surface area contributed by atoms with Crippen LogP contribution in [0.4, 0.5) is 0 Å². The van der Waals surface area contributed by atoms with Gasteiger partial charge in [-0.1, -0.05) is 33.1 Å². The van der Waals surface area contributed by atoms with Gasteiger partial charge in [0.1, 0.15) is 0 Å². The highest BCUT2D eigenvalue weighted by atomic mass is 15.0. The van der Waals surface area contributed by atoms with Crippen LogP contribution in [0, 0.1) is 5.41 Å². The molecule has 0 unspecified atom stereocenters. The normalized spacial score (nSPS) is 22.3. The molecule has 0 aromatic carbocycles. The van der Waals surface area contributed by atoms with Gasteiger partial charge in [0.25, 0.3) is 0 Å². The minimum Gasteiger partial charge on any atom is -0.330 e. The molecule has 14 heavy (non-hydrogen) atoms. The summed E-state index contributed by atoms with van der Waals surface area (Å²) in [5.41, 5.74) is 6.34. The molecule has 0 radical (unpaired) electrons. The molecule has 0 aliphatic heterocycles. The van der Waals surface area contributed by atoms with Crippen molar-refractivity contribution in [1.29, 1.82) is 0 Å². The first kappa shape index (κ1) is 12.0. The van der Waals surface area contributed by atoms with Crippen molar-refractivity contribution in [3.63, 3.8) is 0 Å². The van der Waals surface area contributed by atoms with Crippen LogP contribution < -0.4 is 11.1 Å². The number of hydrogen-bond acceptors (Lipinski definition) is 2. The summed E-state index contributed by atoms with van der Waals surface area (Å²) in [6, 6.07) is 0. The lowest BCUT2D eigenvalue weighted by atomic mass is 9.82. The van der Waals surface area contributed by atoms with Crippen LogP contribution in [0.1, 0.15) is 52.9 Å².